The first kappa shape index (κ1) is 13.4. The Morgan fingerprint density at radius 3 is 2.70 bits per heavy atom. The van der Waals surface area contributed by atoms with Crippen molar-refractivity contribution in [3.8, 4) is 0 Å². The van der Waals surface area contributed by atoms with Crippen molar-refractivity contribution >= 4 is 17.0 Å². The molecule has 0 atom stereocenters. The summed E-state index contributed by atoms with van der Waals surface area (Å²) < 4.78 is 15.8. The number of hydrogen-bond donors (Lipinski definition) is 1. The molecule has 5 heteroatoms. The van der Waals surface area contributed by atoms with Gasteiger partial charge in [0.2, 0.25) is 5.95 Å². The third-order valence-electron chi connectivity index (χ3n) is 4.69. The second-order valence-electron chi connectivity index (χ2n) is 5.99. The molecule has 1 fully saturated rings. The maximum absolute atomic E-state index is 13.8. The standard InChI is InChI=1S/C15H21FN4/c1-19(2)15(8-3-4-9-15)10-20-12-7-5-6-11(16)13(12)18-14(20)17/h5-7H,3-4,8-10H2,1-2H3,(H2,17,18). The molecule has 0 bridgehead atoms. The lowest BCUT2D eigenvalue weighted by Gasteiger charge is -2.37. The molecule has 1 aliphatic rings. The van der Waals surface area contributed by atoms with E-state index in [1.165, 1.54) is 18.9 Å². The van der Waals surface area contributed by atoms with Crippen LogP contribution in [0.15, 0.2) is 18.2 Å². The normalized spacial score (nSPS) is 18.2. The number of likely N-dealkylation sites (N-methyl/N-ethyl adjacent to an activating group) is 1. The molecule has 1 aromatic carbocycles. The van der Waals surface area contributed by atoms with Gasteiger partial charge in [0.15, 0.2) is 5.82 Å². The van der Waals surface area contributed by atoms with E-state index in [2.05, 4.69) is 24.0 Å². The van der Waals surface area contributed by atoms with E-state index in [-0.39, 0.29) is 11.4 Å². The van der Waals surface area contributed by atoms with Gasteiger partial charge in [0.25, 0.3) is 0 Å². The van der Waals surface area contributed by atoms with Gasteiger partial charge in [-0.1, -0.05) is 18.9 Å². The number of rotatable bonds is 3. The minimum absolute atomic E-state index is 0.105. The number of nitrogens with zero attached hydrogens (tertiary/aromatic N) is 3. The number of halogens is 1. The summed E-state index contributed by atoms with van der Waals surface area (Å²) >= 11 is 0. The Kier molecular flexibility index (Phi) is 3.17. The number of anilines is 1. The highest BCUT2D eigenvalue weighted by Crippen LogP contribution is 2.36. The SMILES string of the molecule is CN(C)C1(Cn2c(N)nc3c(F)cccc32)CCCC1. The number of imidazole rings is 1. The fourth-order valence-electron chi connectivity index (χ4n) is 3.37. The van der Waals surface area contributed by atoms with Crippen LogP contribution in [0.25, 0.3) is 11.0 Å². The summed E-state index contributed by atoms with van der Waals surface area (Å²) in [5.74, 6) is 0.0940. The molecule has 0 aliphatic heterocycles. The zero-order valence-corrected chi connectivity index (χ0v) is 12.1. The average molecular weight is 276 g/mol. The van der Waals surface area contributed by atoms with Crippen LogP contribution in [-0.4, -0.2) is 34.1 Å². The van der Waals surface area contributed by atoms with E-state index in [0.29, 0.717) is 11.5 Å². The highest BCUT2D eigenvalue weighted by molar-refractivity contribution is 5.78. The number of fused-ring (bicyclic) bond motifs is 1. The molecule has 1 saturated carbocycles. The quantitative estimate of drug-likeness (QED) is 0.937. The summed E-state index contributed by atoms with van der Waals surface area (Å²) in [6.07, 6.45) is 4.76. The maximum Gasteiger partial charge on any atom is 0.201 e. The summed E-state index contributed by atoms with van der Waals surface area (Å²) in [7, 11) is 4.22. The van der Waals surface area contributed by atoms with Crippen LogP contribution in [-0.2, 0) is 6.54 Å². The van der Waals surface area contributed by atoms with Crippen LogP contribution in [0.5, 0.6) is 0 Å². The minimum atomic E-state index is -0.307. The van der Waals surface area contributed by atoms with E-state index in [0.717, 1.165) is 24.9 Å². The Morgan fingerprint density at radius 1 is 1.35 bits per heavy atom. The molecule has 0 unspecified atom stereocenters. The van der Waals surface area contributed by atoms with Gasteiger partial charge in [-0.15, -0.1) is 0 Å². The van der Waals surface area contributed by atoms with Gasteiger partial charge in [0, 0.05) is 12.1 Å². The fourth-order valence-corrected chi connectivity index (χ4v) is 3.37. The molecule has 4 nitrogen and oxygen atoms in total. The number of para-hydroxylation sites is 1. The molecule has 1 aromatic heterocycles. The number of hydrogen-bond acceptors (Lipinski definition) is 3. The molecule has 0 saturated heterocycles. The van der Waals surface area contributed by atoms with Crippen LogP contribution in [0.3, 0.4) is 0 Å². The maximum atomic E-state index is 13.8. The van der Waals surface area contributed by atoms with Crippen LogP contribution in [0.2, 0.25) is 0 Å². The van der Waals surface area contributed by atoms with Crippen molar-refractivity contribution in [2.24, 2.45) is 0 Å². The van der Waals surface area contributed by atoms with Crippen molar-refractivity contribution in [2.75, 3.05) is 19.8 Å². The lowest BCUT2D eigenvalue weighted by Crippen LogP contribution is -2.45. The zero-order valence-electron chi connectivity index (χ0n) is 12.1. The molecule has 0 radical (unpaired) electrons. The van der Waals surface area contributed by atoms with Crippen LogP contribution >= 0.6 is 0 Å². The minimum Gasteiger partial charge on any atom is -0.369 e. The highest BCUT2D eigenvalue weighted by Gasteiger charge is 2.37. The van der Waals surface area contributed by atoms with E-state index >= 15 is 0 Å². The van der Waals surface area contributed by atoms with Crippen molar-refractivity contribution in [1.29, 1.82) is 0 Å². The molecule has 2 aromatic rings. The van der Waals surface area contributed by atoms with Gasteiger partial charge in [-0.25, -0.2) is 9.37 Å². The fraction of sp³-hybridized carbons (Fsp3) is 0.533. The topological polar surface area (TPSA) is 47.1 Å². The van der Waals surface area contributed by atoms with Crippen LogP contribution < -0.4 is 5.73 Å². The number of nitrogen functional groups attached to an aromatic ring is 1. The molecule has 0 amide bonds. The van der Waals surface area contributed by atoms with Gasteiger partial charge >= 0.3 is 0 Å². The van der Waals surface area contributed by atoms with Gasteiger partial charge in [-0.2, -0.15) is 0 Å². The largest absolute Gasteiger partial charge is 0.369 e. The Labute approximate surface area is 118 Å². The smallest absolute Gasteiger partial charge is 0.201 e. The molecule has 2 N–H and O–H groups in total. The summed E-state index contributed by atoms with van der Waals surface area (Å²) in [5, 5.41) is 0. The molecular formula is C15H21FN4. The highest BCUT2D eigenvalue weighted by atomic mass is 19.1. The first-order chi connectivity index (χ1) is 9.53. The molecule has 20 heavy (non-hydrogen) atoms. The van der Waals surface area contributed by atoms with Crippen LogP contribution in [0, 0.1) is 5.82 Å². The second-order valence-corrected chi connectivity index (χ2v) is 5.99. The summed E-state index contributed by atoms with van der Waals surface area (Å²) in [4.78, 5) is 6.47. The van der Waals surface area contributed by atoms with E-state index in [1.54, 1.807) is 6.07 Å². The third kappa shape index (κ3) is 1.97. The lowest BCUT2D eigenvalue weighted by atomic mass is 9.96. The van der Waals surface area contributed by atoms with Crippen molar-refractivity contribution in [2.45, 2.75) is 37.8 Å². The molecular weight excluding hydrogens is 255 g/mol. The second kappa shape index (κ2) is 4.74. The Hall–Kier alpha value is -1.62. The molecule has 1 heterocycles. The predicted octanol–water partition coefficient (Wildman–Crippen LogP) is 2.63. The van der Waals surface area contributed by atoms with Crippen molar-refractivity contribution in [3.05, 3.63) is 24.0 Å². The molecule has 3 rings (SSSR count). The van der Waals surface area contributed by atoms with E-state index in [9.17, 15) is 4.39 Å². The van der Waals surface area contributed by atoms with Crippen LogP contribution in [0.4, 0.5) is 10.3 Å². The molecule has 108 valence electrons. The molecule has 1 aliphatic carbocycles. The van der Waals surface area contributed by atoms with Crippen molar-refractivity contribution in [1.82, 2.24) is 14.5 Å². The average Bonchev–Trinajstić information content (AvgIpc) is 2.99. The van der Waals surface area contributed by atoms with Crippen molar-refractivity contribution in [3.63, 3.8) is 0 Å². The van der Waals surface area contributed by atoms with Gasteiger partial charge in [0.1, 0.15) is 5.52 Å². The van der Waals surface area contributed by atoms with Gasteiger partial charge < -0.3 is 15.2 Å². The van der Waals surface area contributed by atoms with E-state index in [4.69, 9.17) is 5.73 Å². The number of benzene rings is 1. The number of nitrogens with two attached hydrogens (primary N) is 1. The summed E-state index contributed by atoms with van der Waals surface area (Å²) in [6, 6.07) is 5.03. The summed E-state index contributed by atoms with van der Waals surface area (Å²) in [6.45, 7) is 0.770. The van der Waals surface area contributed by atoms with Crippen LogP contribution in [0.1, 0.15) is 25.7 Å². The zero-order chi connectivity index (χ0) is 14.3. The molecule has 0 spiro atoms. The first-order valence-corrected chi connectivity index (χ1v) is 7.11. The van der Waals surface area contributed by atoms with Gasteiger partial charge in [0.05, 0.1) is 5.52 Å². The predicted molar refractivity (Wildman–Crippen MR) is 79.0 cm³/mol. The monoisotopic (exact) mass is 276 g/mol. The Morgan fingerprint density at radius 2 is 2.05 bits per heavy atom. The van der Waals surface area contributed by atoms with Crippen molar-refractivity contribution < 1.29 is 4.39 Å². The summed E-state index contributed by atoms with van der Waals surface area (Å²) in [5.41, 5.74) is 7.29. The van der Waals surface area contributed by atoms with Gasteiger partial charge in [-0.05, 0) is 39.1 Å². The van der Waals surface area contributed by atoms with E-state index in [1.807, 2.05) is 10.6 Å². The Bertz CT molecular complexity index is 626. The lowest BCUT2D eigenvalue weighted by molar-refractivity contribution is 0.136. The third-order valence-corrected chi connectivity index (χ3v) is 4.69. The number of aromatic nitrogens is 2. The van der Waals surface area contributed by atoms with Gasteiger partial charge in [-0.3, -0.25) is 0 Å². The first-order valence-electron chi connectivity index (χ1n) is 7.11. The van der Waals surface area contributed by atoms with E-state index < -0.39 is 0 Å². The Balaban J connectivity index is 2.06.